The van der Waals surface area contributed by atoms with Crippen LogP contribution in [0.15, 0.2) is 0 Å². The van der Waals surface area contributed by atoms with Crippen molar-refractivity contribution >= 4 is 71.6 Å². The van der Waals surface area contributed by atoms with E-state index in [1.54, 1.807) is 166 Å². The van der Waals surface area contributed by atoms with Crippen LogP contribution in [0.3, 0.4) is 0 Å². The van der Waals surface area contributed by atoms with Gasteiger partial charge in [0.25, 0.3) is 0 Å². The van der Waals surface area contributed by atoms with Gasteiger partial charge in [-0.25, -0.2) is 0 Å². The Bertz CT molecular complexity index is 2330. The molecule has 0 aromatic carbocycles. The molecule has 24 nitrogen and oxygen atoms in total. The number of rotatable bonds is 52. The van der Waals surface area contributed by atoms with E-state index in [9.17, 15) is 38.4 Å². The molecule has 0 atom stereocenters. The van der Waals surface area contributed by atoms with Crippen LogP contribution in [0.2, 0.25) is 0 Å². The Morgan fingerprint density at radius 3 is 0.305 bits per heavy atom. The molecule has 0 aliphatic heterocycles. The lowest BCUT2D eigenvalue weighted by Gasteiger charge is -2.37. The van der Waals surface area contributed by atoms with E-state index >= 15 is 19.2 Å². The Morgan fingerprint density at radius 1 is 0.143 bits per heavy atom. The van der Waals surface area contributed by atoms with E-state index in [4.69, 9.17) is 56.8 Å². The van der Waals surface area contributed by atoms with E-state index in [-0.39, 0.29) is 0 Å². The summed E-state index contributed by atoms with van der Waals surface area (Å²) in [6.45, 7) is 37.5. The monoisotopic (exact) mass is 1500 g/mol. The molecule has 0 unspecified atom stereocenters. The van der Waals surface area contributed by atoms with Crippen molar-refractivity contribution in [2.75, 3.05) is 79.3 Å². The van der Waals surface area contributed by atoms with Crippen molar-refractivity contribution in [3.63, 3.8) is 0 Å². The number of carbonyl (C=O) groups is 12. The Labute approximate surface area is 629 Å². The molecule has 0 radical (unpaired) electrons. The minimum atomic E-state index is -2.35. The Hall–Kier alpha value is -6.36. The average Bonchev–Trinajstić information content (AvgIpc) is 0.816. The quantitative estimate of drug-likeness (QED) is 0.0403. The highest BCUT2D eigenvalue weighted by atomic mass is 16.6. The van der Waals surface area contributed by atoms with Crippen molar-refractivity contribution in [1.29, 1.82) is 0 Å². The maximum absolute atomic E-state index is 15.5. The number of esters is 12. The molecule has 105 heavy (non-hydrogen) atoms. The predicted octanol–water partition coefficient (Wildman–Crippen LogP) is 15.1. The molecular weight excluding hydrogens is 1360 g/mol. The Morgan fingerprint density at radius 2 is 0.219 bits per heavy atom. The summed E-state index contributed by atoms with van der Waals surface area (Å²) in [5.74, 6) is -10.3. The summed E-state index contributed by atoms with van der Waals surface area (Å²) < 4.78 is 72.6. The summed E-state index contributed by atoms with van der Waals surface area (Å²) in [6, 6.07) is 0. The SMILES string of the molecule is CCC(C)(CC)C(=O)OCC(C)(COC(=O)C(C)(CC)CC)C(=O)OCC(COC(=O)C(C)(COC(=O)C(C)(CC)CC)COC(=O)C(C)(CC)CC)(COC(=O)C(C)(COC(=O)C(C)(CC)CC)COC(=O)C(C)(CC)CC)COC(=O)C(C)(COC(=O)C(C)(CC)CC)COC(=O)C(C)(CC)CC. The number of hydrogen-bond donors (Lipinski definition) is 0. The minimum absolute atomic E-state index is 0.343. The lowest BCUT2D eigenvalue weighted by molar-refractivity contribution is -0.191. The molecule has 0 spiro atoms. The first kappa shape index (κ1) is 98.6. The molecule has 0 aliphatic rings. The second-order valence-corrected chi connectivity index (χ2v) is 32.8. The highest BCUT2D eigenvalue weighted by Gasteiger charge is 2.51. The fourth-order valence-corrected chi connectivity index (χ4v) is 9.96. The van der Waals surface area contributed by atoms with E-state index < -0.39 is 221 Å². The molecule has 0 bridgehead atoms. The zero-order valence-electron chi connectivity index (χ0n) is 70.1. The highest BCUT2D eigenvalue weighted by molar-refractivity contribution is 5.84. The third-order valence-corrected chi connectivity index (χ3v) is 24.6. The maximum Gasteiger partial charge on any atom is 0.318 e. The molecule has 0 amide bonds. The van der Waals surface area contributed by atoms with Gasteiger partial charge in [0.1, 0.15) is 106 Å². The summed E-state index contributed by atoms with van der Waals surface area (Å²) in [4.78, 5) is 174. The van der Waals surface area contributed by atoms with Gasteiger partial charge in [-0.1, -0.05) is 111 Å². The molecule has 0 N–H and O–H groups in total. The standard InChI is InChI=1S/C81H140O24/c1-29-69(17,30-2)57(82)94-45-77(25,46-95-58(83)70(18,31-3)32-4)65(90)102-53-81(54-103-66(91)78(26,47-96-59(84)71(19,33-5)34-6)48-97-60(85)72(20,35-7)36-8,55-104-67(92)79(27,49-98-61(86)73(21,37-9)38-10)50-99-62(87)74(22,39-11)40-12)56-105-68(93)80(28,51-100-63(88)75(23,41-13)42-14)52-101-64(89)76(24,43-15)44-16/h29-56H2,1-28H3. The van der Waals surface area contributed by atoms with Crippen LogP contribution in [-0.4, -0.2) is 151 Å². The third-order valence-electron chi connectivity index (χ3n) is 24.6. The molecule has 0 aromatic rings. The van der Waals surface area contributed by atoms with Crippen molar-refractivity contribution in [2.45, 2.75) is 297 Å². The normalized spacial score (nSPS) is 13.1. The van der Waals surface area contributed by atoms with Crippen molar-refractivity contribution in [2.24, 2.45) is 70.4 Å². The van der Waals surface area contributed by atoms with Gasteiger partial charge in [-0.2, -0.15) is 0 Å². The van der Waals surface area contributed by atoms with Crippen LogP contribution in [-0.2, 0) is 114 Å². The van der Waals surface area contributed by atoms with E-state index in [2.05, 4.69) is 0 Å². The van der Waals surface area contributed by atoms with Crippen LogP contribution < -0.4 is 0 Å². The Balaban J connectivity index is 9.58. The fourth-order valence-electron chi connectivity index (χ4n) is 9.96. The van der Waals surface area contributed by atoms with Gasteiger partial charge in [0, 0.05) is 0 Å². The van der Waals surface area contributed by atoms with Crippen molar-refractivity contribution in [3.05, 3.63) is 0 Å². The molecule has 0 saturated carbocycles. The van der Waals surface area contributed by atoms with Crippen LogP contribution in [0.5, 0.6) is 0 Å². The summed E-state index contributed by atoms with van der Waals surface area (Å²) in [7, 11) is 0. The van der Waals surface area contributed by atoms with E-state index in [1.165, 1.54) is 27.7 Å². The molecule has 0 fully saturated rings. The topological polar surface area (TPSA) is 316 Å². The first-order valence-corrected chi connectivity index (χ1v) is 38.6. The van der Waals surface area contributed by atoms with E-state index in [0.717, 1.165) is 0 Å². The first-order valence-electron chi connectivity index (χ1n) is 38.6. The Kier molecular flexibility index (Phi) is 39.3. The molecule has 0 rings (SSSR count). The highest BCUT2D eigenvalue weighted by Crippen LogP contribution is 2.39. The van der Waals surface area contributed by atoms with Crippen LogP contribution in [0.25, 0.3) is 0 Å². The van der Waals surface area contributed by atoms with Crippen LogP contribution in [0, 0.1) is 70.4 Å². The van der Waals surface area contributed by atoms with Crippen LogP contribution >= 0.6 is 0 Å². The largest absolute Gasteiger partial charge is 0.464 e. The molecular formula is C81H140O24. The summed E-state index contributed by atoms with van der Waals surface area (Å²) in [6.07, 6.45) is 5.48. The van der Waals surface area contributed by atoms with Crippen molar-refractivity contribution < 1.29 is 114 Å². The zero-order chi connectivity index (χ0) is 81.7. The summed E-state index contributed by atoms with van der Waals surface area (Å²) in [5, 5.41) is 0. The van der Waals surface area contributed by atoms with Crippen LogP contribution in [0.4, 0.5) is 0 Å². The van der Waals surface area contributed by atoms with E-state index in [0.29, 0.717) is 103 Å². The lowest BCUT2D eigenvalue weighted by Crippen LogP contribution is -2.51. The molecule has 24 heteroatoms. The molecule has 0 heterocycles. The second-order valence-electron chi connectivity index (χ2n) is 32.8. The van der Waals surface area contributed by atoms with Crippen molar-refractivity contribution in [1.82, 2.24) is 0 Å². The molecule has 0 aliphatic carbocycles. The molecule has 0 aromatic heterocycles. The number of ether oxygens (including phenoxy) is 12. The summed E-state index contributed by atoms with van der Waals surface area (Å²) in [5.41, 5.74) is -18.7. The van der Waals surface area contributed by atoms with E-state index in [1.807, 2.05) is 0 Å². The predicted molar refractivity (Wildman–Crippen MR) is 396 cm³/mol. The maximum atomic E-state index is 15.5. The van der Waals surface area contributed by atoms with Crippen LogP contribution in [0.1, 0.15) is 297 Å². The zero-order valence-corrected chi connectivity index (χ0v) is 70.1. The number of hydrogen-bond acceptors (Lipinski definition) is 24. The van der Waals surface area contributed by atoms with Crippen molar-refractivity contribution in [3.8, 4) is 0 Å². The molecule has 608 valence electrons. The number of carbonyl (C=O) groups excluding carboxylic acids is 12. The smallest absolute Gasteiger partial charge is 0.318 e. The molecule has 0 saturated heterocycles. The fraction of sp³-hybridized carbons (Fsp3) is 0.852. The van der Waals surface area contributed by atoms with Gasteiger partial charge in [-0.05, 0) is 186 Å². The average molecular weight is 1500 g/mol. The first-order chi connectivity index (χ1) is 48.5. The van der Waals surface area contributed by atoms with Gasteiger partial charge in [0.15, 0.2) is 0 Å². The lowest BCUT2D eigenvalue weighted by atomic mass is 9.84. The van der Waals surface area contributed by atoms with Gasteiger partial charge in [-0.15, -0.1) is 0 Å². The van der Waals surface area contributed by atoms with Gasteiger partial charge in [0.05, 0.1) is 43.3 Å². The van der Waals surface area contributed by atoms with Gasteiger partial charge < -0.3 is 56.8 Å². The second kappa shape index (κ2) is 41.8. The van der Waals surface area contributed by atoms with Gasteiger partial charge >= 0.3 is 71.6 Å². The van der Waals surface area contributed by atoms with Gasteiger partial charge in [0.2, 0.25) is 0 Å². The minimum Gasteiger partial charge on any atom is -0.464 e. The summed E-state index contributed by atoms with van der Waals surface area (Å²) >= 11 is 0. The van der Waals surface area contributed by atoms with Gasteiger partial charge in [-0.3, -0.25) is 57.5 Å². The third kappa shape index (κ3) is 25.9.